The lowest BCUT2D eigenvalue weighted by molar-refractivity contribution is -0.134. The Labute approximate surface area is 162 Å². The van der Waals surface area contributed by atoms with Crippen molar-refractivity contribution in [3.8, 4) is 5.75 Å². The highest BCUT2D eigenvalue weighted by Crippen LogP contribution is 2.23. The zero-order valence-electron chi connectivity index (χ0n) is 15.4. The number of fused-ring (bicyclic) bond motifs is 1. The first-order valence-electron chi connectivity index (χ1n) is 8.93. The molecule has 140 valence electrons. The summed E-state index contributed by atoms with van der Waals surface area (Å²) in [5.41, 5.74) is 2.52. The Balaban J connectivity index is 1.61. The lowest BCUT2D eigenvalue weighted by atomic mass is 10.1. The summed E-state index contributed by atoms with van der Waals surface area (Å²) in [5, 5.41) is 1.25. The minimum atomic E-state index is -0.336. The number of carbonyl (C=O) groups excluding carboxylic acids is 1. The Morgan fingerprint density at radius 1 is 1.26 bits per heavy atom. The molecule has 0 aliphatic heterocycles. The van der Waals surface area contributed by atoms with Gasteiger partial charge in [-0.3, -0.25) is 14.2 Å². The van der Waals surface area contributed by atoms with Crippen LogP contribution in [0.2, 0.25) is 5.02 Å². The molecule has 0 N–H and O–H groups in total. The zero-order chi connectivity index (χ0) is 19.4. The standard InChI is InChI=1S/C21H21ClN2O3/c1-3-15-12-16(9-10-18(15)22)27-19(25)8-5-11-24-13-23-20-14(2)6-4-7-17(20)21(24)26/h4,6-7,9-10,12-13H,3,5,8,11H2,1-2H3. The first kappa shape index (κ1) is 19.1. The Hall–Kier alpha value is -2.66. The molecule has 27 heavy (non-hydrogen) atoms. The number of esters is 1. The first-order valence-corrected chi connectivity index (χ1v) is 9.31. The third-order valence-corrected chi connectivity index (χ3v) is 4.83. The number of para-hydroxylation sites is 1. The van der Waals surface area contributed by atoms with Crippen molar-refractivity contribution in [3.63, 3.8) is 0 Å². The Morgan fingerprint density at radius 2 is 2.07 bits per heavy atom. The van der Waals surface area contributed by atoms with E-state index in [0.717, 1.165) is 17.5 Å². The number of rotatable bonds is 6. The summed E-state index contributed by atoms with van der Waals surface area (Å²) in [4.78, 5) is 29.0. The van der Waals surface area contributed by atoms with Crippen LogP contribution in [0.4, 0.5) is 0 Å². The monoisotopic (exact) mass is 384 g/mol. The van der Waals surface area contributed by atoms with Gasteiger partial charge in [0, 0.05) is 18.0 Å². The number of hydrogen-bond donors (Lipinski definition) is 0. The molecular formula is C21H21ClN2O3. The summed E-state index contributed by atoms with van der Waals surface area (Å²) >= 11 is 6.07. The summed E-state index contributed by atoms with van der Waals surface area (Å²) < 4.78 is 6.90. The third-order valence-electron chi connectivity index (χ3n) is 4.46. The van der Waals surface area contributed by atoms with Gasteiger partial charge in [-0.2, -0.15) is 0 Å². The number of carbonyl (C=O) groups is 1. The van der Waals surface area contributed by atoms with E-state index in [-0.39, 0.29) is 17.9 Å². The number of halogens is 1. The highest BCUT2D eigenvalue weighted by molar-refractivity contribution is 6.31. The van der Waals surface area contributed by atoms with E-state index in [1.54, 1.807) is 24.3 Å². The minimum absolute atomic E-state index is 0.0950. The van der Waals surface area contributed by atoms with Crippen LogP contribution in [0.5, 0.6) is 5.75 Å². The molecule has 5 nitrogen and oxygen atoms in total. The average Bonchev–Trinajstić information content (AvgIpc) is 2.65. The molecule has 0 fully saturated rings. The molecule has 6 heteroatoms. The van der Waals surface area contributed by atoms with Gasteiger partial charge in [-0.1, -0.05) is 30.7 Å². The van der Waals surface area contributed by atoms with E-state index < -0.39 is 0 Å². The molecule has 0 saturated carbocycles. The topological polar surface area (TPSA) is 61.2 Å². The van der Waals surface area contributed by atoms with Crippen molar-refractivity contribution in [3.05, 3.63) is 69.2 Å². The third kappa shape index (κ3) is 4.37. The molecule has 0 aliphatic carbocycles. The summed E-state index contributed by atoms with van der Waals surface area (Å²) in [6, 6.07) is 10.7. The number of hydrogen-bond acceptors (Lipinski definition) is 4. The van der Waals surface area contributed by atoms with Gasteiger partial charge in [0.05, 0.1) is 17.2 Å². The first-order chi connectivity index (χ1) is 13.0. The van der Waals surface area contributed by atoms with Gasteiger partial charge in [0.1, 0.15) is 5.75 Å². The largest absolute Gasteiger partial charge is 0.427 e. The van der Waals surface area contributed by atoms with Crippen molar-refractivity contribution < 1.29 is 9.53 Å². The lowest BCUT2D eigenvalue weighted by Gasteiger charge is -2.09. The molecule has 1 aromatic heterocycles. The second kappa shape index (κ2) is 8.35. The predicted octanol–water partition coefficient (Wildman–Crippen LogP) is 4.31. The molecule has 0 unspecified atom stereocenters. The number of ether oxygens (including phenoxy) is 1. The molecule has 0 bridgehead atoms. The normalized spacial score (nSPS) is 10.9. The smallest absolute Gasteiger partial charge is 0.311 e. The maximum Gasteiger partial charge on any atom is 0.311 e. The predicted molar refractivity (Wildman–Crippen MR) is 106 cm³/mol. The van der Waals surface area contributed by atoms with Gasteiger partial charge >= 0.3 is 5.97 Å². The zero-order valence-corrected chi connectivity index (χ0v) is 16.1. The Bertz CT molecular complexity index is 1040. The van der Waals surface area contributed by atoms with Crippen molar-refractivity contribution in [2.45, 2.75) is 39.7 Å². The maximum atomic E-state index is 12.5. The molecule has 1 heterocycles. The second-order valence-corrected chi connectivity index (χ2v) is 6.81. The van der Waals surface area contributed by atoms with E-state index in [4.69, 9.17) is 16.3 Å². The number of aromatic nitrogens is 2. The quantitative estimate of drug-likeness (QED) is 0.469. The van der Waals surface area contributed by atoms with E-state index in [9.17, 15) is 9.59 Å². The van der Waals surface area contributed by atoms with Gasteiger partial charge in [-0.25, -0.2) is 4.98 Å². The number of aryl methyl sites for hydroxylation is 3. The van der Waals surface area contributed by atoms with E-state index in [0.29, 0.717) is 34.6 Å². The van der Waals surface area contributed by atoms with Gasteiger partial charge in [0.15, 0.2) is 0 Å². The highest BCUT2D eigenvalue weighted by atomic mass is 35.5. The van der Waals surface area contributed by atoms with Crippen molar-refractivity contribution in [2.75, 3.05) is 0 Å². The summed E-state index contributed by atoms with van der Waals surface area (Å²) in [6.45, 7) is 4.32. The lowest BCUT2D eigenvalue weighted by Crippen LogP contribution is -2.21. The SMILES string of the molecule is CCc1cc(OC(=O)CCCn2cnc3c(C)cccc3c2=O)ccc1Cl. The number of nitrogens with zero attached hydrogens (tertiary/aromatic N) is 2. The molecule has 3 aromatic rings. The van der Waals surface area contributed by atoms with Crippen LogP contribution in [-0.2, 0) is 17.8 Å². The summed E-state index contributed by atoms with van der Waals surface area (Å²) in [5.74, 6) is 0.151. The maximum absolute atomic E-state index is 12.5. The minimum Gasteiger partial charge on any atom is -0.427 e. The fourth-order valence-electron chi connectivity index (χ4n) is 2.96. The van der Waals surface area contributed by atoms with Crippen LogP contribution in [0, 0.1) is 6.92 Å². The molecule has 0 spiro atoms. The van der Waals surface area contributed by atoms with Gasteiger partial charge in [-0.15, -0.1) is 0 Å². The van der Waals surface area contributed by atoms with Crippen LogP contribution in [-0.4, -0.2) is 15.5 Å². The van der Waals surface area contributed by atoms with Crippen LogP contribution >= 0.6 is 11.6 Å². The number of benzene rings is 2. The Kier molecular flexibility index (Phi) is 5.91. The average molecular weight is 385 g/mol. The molecule has 2 aromatic carbocycles. The van der Waals surface area contributed by atoms with Crippen molar-refractivity contribution in [1.29, 1.82) is 0 Å². The van der Waals surface area contributed by atoms with E-state index in [1.165, 1.54) is 10.9 Å². The van der Waals surface area contributed by atoms with Crippen LogP contribution < -0.4 is 10.3 Å². The van der Waals surface area contributed by atoms with E-state index in [1.807, 2.05) is 26.0 Å². The van der Waals surface area contributed by atoms with Gasteiger partial charge < -0.3 is 4.74 Å². The molecule has 3 rings (SSSR count). The van der Waals surface area contributed by atoms with Crippen LogP contribution in [0.15, 0.2) is 47.5 Å². The van der Waals surface area contributed by atoms with E-state index >= 15 is 0 Å². The van der Waals surface area contributed by atoms with Crippen LogP contribution in [0.1, 0.15) is 30.9 Å². The highest BCUT2D eigenvalue weighted by Gasteiger charge is 2.09. The van der Waals surface area contributed by atoms with Crippen molar-refractivity contribution in [2.24, 2.45) is 0 Å². The van der Waals surface area contributed by atoms with Crippen molar-refractivity contribution in [1.82, 2.24) is 9.55 Å². The van der Waals surface area contributed by atoms with Crippen molar-refractivity contribution >= 4 is 28.5 Å². The molecule has 0 aliphatic rings. The van der Waals surface area contributed by atoms with E-state index in [2.05, 4.69) is 4.98 Å². The van der Waals surface area contributed by atoms with Crippen LogP contribution in [0.25, 0.3) is 10.9 Å². The second-order valence-electron chi connectivity index (χ2n) is 6.40. The summed E-state index contributed by atoms with van der Waals surface area (Å²) in [7, 11) is 0. The van der Waals surface area contributed by atoms with Crippen LogP contribution in [0.3, 0.4) is 0 Å². The molecule has 0 radical (unpaired) electrons. The molecule has 0 atom stereocenters. The molecule has 0 saturated heterocycles. The van der Waals surface area contributed by atoms with Gasteiger partial charge in [-0.05, 0) is 55.2 Å². The summed E-state index contributed by atoms with van der Waals surface area (Å²) in [6.07, 6.45) is 3.01. The van der Waals surface area contributed by atoms with Gasteiger partial charge in [0.25, 0.3) is 5.56 Å². The fourth-order valence-corrected chi connectivity index (χ4v) is 3.21. The van der Waals surface area contributed by atoms with Gasteiger partial charge in [0.2, 0.25) is 0 Å². The fraction of sp³-hybridized carbons (Fsp3) is 0.286. The molecular weight excluding hydrogens is 364 g/mol. The molecule has 0 amide bonds. The Morgan fingerprint density at radius 3 is 2.85 bits per heavy atom.